The predicted molar refractivity (Wildman–Crippen MR) is 62.6 cm³/mol. The molecule has 0 spiro atoms. The van der Waals surface area contributed by atoms with E-state index in [1.807, 2.05) is 0 Å². The summed E-state index contributed by atoms with van der Waals surface area (Å²) in [5.41, 5.74) is -0.840. The van der Waals surface area contributed by atoms with Gasteiger partial charge in [0.15, 0.2) is 0 Å². The second-order valence-electron chi connectivity index (χ2n) is 4.20. The molecule has 1 fully saturated rings. The van der Waals surface area contributed by atoms with Gasteiger partial charge in [-0.05, 0) is 13.8 Å². The molecular weight excluding hydrogens is 242 g/mol. The molecule has 1 aromatic rings. The molecule has 3 amide bonds. The van der Waals surface area contributed by atoms with E-state index in [4.69, 9.17) is 0 Å². The number of anilines is 1. The molecule has 0 atom stereocenters. The molecule has 1 aliphatic heterocycles. The van der Waals surface area contributed by atoms with Crippen LogP contribution in [0.2, 0.25) is 0 Å². The minimum absolute atomic E-state index is 0.160. The van der Waals surface area contributed by atoms with Crippen molar-refractivity contribution in [3.63, 3.8) is 0 Å². The maximum atomic E-state index is 11.9. The molecule has 92 valence electrons. The third-order valence-electron chi connectivity index (χ3n) is 2.42. The fourth-order valence-electron chi connectivity index (χ4n) is 1.52. The van der Waals surface area contributed by atoms with Crippen molar-refractivity contribution in [2.24, 2.45) is 0 Å². The van der Waals surface area contributed by atoms with Gasteiger partial charge in [0.05, 0.1) is 6.54 Å². The maximum Gasteiger partial charge on any atom is 0.325 e. The Balaban J connectivity index is 2.14. The summed E-state index contributed by atoms with van der Waals surface area (Å²) in [6, 6.07) is -0.388. The van der Waals surface area contributed by atoms with Crippen molar-refractivity contribution in [3.05, 3.63) is 5.01 Å². The number of amides is 3. The second kappa shape index (κ2) is 3.95. The Kier molecular flexibility index (Phi) is 2.74. The first-order valence-corrected chi connectivity index (χ1v) is 5.90. The van der Waals surface area contributed by atoms with Crippen molar-refractivity contribution < 1.29 is 9.59 Å². The minimum atomic E-state index is -0.840. The third-order valence-corrected chi connectivity index (χ3v) is 3.34. The lowest BCUT2D eigenvalue weighted by Gasteiger charge is -2.14. The normalized spacial score (nSPS) is 18.4. The highest BCUT2D eigenvalue weighted by molar-refractivity contribution is 7.15. The highest BCUT2D eigenvalue weighted by Crippen LogP contribution is 2.21. The van der Waals surface area contributed by atoms with Gasteiger partial charge in [0.25, 0.3) is 5.91 Å². The molecule has 7 nitrogen and oxygen atoms in total. The number of carbonyl (C=O) groups excluding carboxylic acids is 2. The first-order valence-electron chi connectivity index (χ1n) is 5.08. The first-order chi connectivity index (χ1) is 7.94. The first kappa shape index (κ1) is 11.8. The molecular formula is C9H13N5O2S. The SMILES string of the molecule is CNc1nnc(CN2C(=O)NC(C)(C)C2=O)s1. The van der Waals surface area contributed by atoms with Crippen molar-refractivity contribution in [1.29, 1.82) is 0 Å². The van der Waals surface area contributed by atoms with Gasteiger partial charge in [-0.2, -0.15) is 0 Å². The van der Waals surface area contributed by atoms with E-state index in [-0.39, 0.29) is 18.5 Å². The highest BCUT2D eigenvalue weighted by Gasteiger charge is 2.44. The smallest absolute Gasteiger partial charge is 0.325 e. The van der Waals surface area contributed by atoms with Crippen LogP contribution in [0.15, 0.2) is 0 Å². The standard InChI is InChI=1S/C9H13N5O2S/c1-9(2)6(15)14(8(16)11-9)4-5-12-13-7(10-3)17-5/h4H2,1-3H3,(H,10,13)(H,11,16). The third kappa shape index (κ3) is 2.07. The summed E-state index contributed by atoms with van der Waals surface area (Å²) in [7, 11) is 1.74. The number of carbonyl (C=O) groups is 2. The van der Waals surface area contributed by atoms with E-state index in [1.165, 1.54) is 11.3 Å². The van der Waals surface area contributed by atoms with Crippen LogP contribution in [0, 0.1) is 0 Å². The lowest BCUT2D eigenvalue weighted by Crippen LogP contribution is -2.40. The fourth-order valence-corrected chi connectivity index (χ4v) is 2.20. The van der Waals surface area contributed by atoms with Gasteiger partial charge in [-0.1, -0.05) is 11.3 Å². The Morgan fingerprint density at radius 1 is 1.41 bits per heavy atom. The molecule has 0 unspecified atom stereocenters. The summed E-state index contributed by atoms with van der Waals surface area (Å²) in [5.74, 6) is -0.247. The van der Waals surface area contributed by atoms with Crippen LogP contribution in [0.25, 0.3) is 0 Å². The van der Waals surface area contributed by atoms with Gasteiger partial charge < -0.3 is 10.6 Å². The summed E-state index contributed by atoms with van der Waals surface area (Å²) in [5, 5.41) is 14.5. The van der Waals surface area contributed by atoms with Gasteiger partial charge in [0, 0.05) is 7.05 Å². The Labute approximate surface area is 102 Å². The van der Waals surface area contributed by atoms with Crippen LogP contribution in [0.5, 0.6) is 0 Å². The molecule has 1 aliphatic rings. The zero-order valence-corrected chi connectivity index (χ0v) is 10.6. The predicted octanol–water partition coefficient (Wildman–Crippen LogP) is 0.410. The number of hydrogen-bond donors (Lipinski definition) is 2. The number of hydrogen-bond acceptors (Lipinski definition) is 6. The molecule has 0 saturated carbocycles. The topological polar surface area (TPSA) is 87.2 Å². The second-order valence-corrected chi connectivity index (χ2v) is 5.26. The van der Waals surface area contributed by atoms with Crippen LogP contribution in [-0.2, 0) is 11.3 Å². The average molecular weight is 255 g/mol. The number of rotatable bonds is 3. The monoisotopic (exact) mass is 255 g/mol. The van der Waals surface area contributed by atoms with E-state index >= 15 is 0 Å². The van der Waals surface area contributed by atoms with Gasteiger partial charge in [0.2, 0.25) is 5.13 Å². The molecule has 0 radical (unpaired) electrons. The van der Waals surface area contributed by atoms with E-state index in [9.17, 15) is 9.59 Å². The van der Waals surface area contributed by atoms with Gasteiger partial charge in [-0.25, -0.2) is 4.79 Å². The summed E-state index contributed by atoms with van der Waals surface area (Å²) in [6.45, 7) is 3.51. The van der Waals surface area contributed by atoms with Crippen LogP contribution in [0.4, 0.5) is 9.93 Å². The van der Waals surface area contributed by atoms with Crippen molar-refractivity contribution >= 4 is 28.4 Å². The molecule has 0 aliphatic carbocycles. The van der Waals surface area contributed by atoms with Crippen LogP contribution in [0.1, 0.15) is 18.9 Å². The summed E-state index contributed by atoms with van der Waals surface area (Å²) in [6.07, 6.45) is 0. The molecule has 0 aromatic carbocycles. The Hall–Kier alpha value is -1.70. The van der Waals surface area contributed by atoms with Crippen molar-refractivity contribution in [1.82, 2.24) is 20.4 Å². The van der Waals surface area contributed by atoms with E-state index in [0.717, 1.165) is 4.90 Å². The van der Waals surface area contributed by atoms with Gasteiger partial charge >= 0.3 is 6.03 Å². The van der Waals surface area contributed by atoms with Gasteiger partial charge in [-0.3, -0.25) is 9.69 Å². The summed E-state index contributed by atoms with van der Waals surface area (Å²) < 4.78 is 0. The average Bonchev–Trinajstić information content (AvgIpc) is 2.78. The maximum absolute atomic E-state index is 11.9. The largest absolute Gasteiger partial charge is 0.363 e. The molecule has 2 heterocycles. The van der Waals surface area contributed by atoms with E-state index < -0.39 is 5.54 Å². The van der Waals surface area contributed by atoms with Gasteiger partial charge in [0.1, 0.15) is 10.5 Å². The van der Waals surface area contributed by atoms with Crippen LogP contribution >= 0.6 is 11.3 Å². The van der Waals surface area contributed by atoms with Crippen molar-refractivity contribution in [3.8, 4) is 0 Å². The molecule has 17 heavy (non-hydrogen) atoms. The highest BCUT2D eigenvalue weighted by atomic mass is 32.1. The zero-order valence-electron chi connectivity index (χ0n) is 9.77. The molecule has 1 saturated heterocycles. The minimum Gasteiger partial charge on any atom is -0.363 e. The number of nitrogens with one attached hydrogen (secondary N) is 2. The van der Waals surface area contributed by atoms with Gasteiger partial charge in [-0.15, -0.1) is 10.2 Å². The summed E-state index contributed by atoms with van der Waals surface area (Å²) >= 11 is 1.32. The lowest BCUT2D eigenvalue weighted by atomic mass is 10.1. The van der Waals surface area contributed by atoms with Crippen LogP contribution < -0.4 is 10.6 Å². The molecule has 8 heteroatoms. The number of aromatic nitrogens is 2. The van der Waals surface area contributed by atoms with E-state index in [1.54, 1.807) is 20.9 Å². The lowest BCUT2D eigenvalue weighted by molar-refractivity contribution is -0.130. The molecule has 2 rings (SSSR count). The van der Waals surface area contributed by atoms with E-state index in [0.29, 0.717) is 10.1 Å². The Morgan fingerprint density at radius 2 is 2.12 bits per heavy atom. The van der Waals surface area contributed by atoms with Crippen molar-refractivity contribution in [2.75, 3.05) is 12.4 Å². The molecule has 1 aromatic heterocycles. The Morgan fingerprint density at radius 3 is 2.59 bits per heavy atom. The molecule has 0 bridgehead atoms. The van der Waals surface area contributed by atoms with Crippen LogP contribution in [-0.4, -0.2) is 39.6 Å². The quantitative estimate of drug-likeness (QED) is 0.764. The van der Waals surface area contributed by atoms with E-state index in [2.05, 4.69) is 20.8 Å². The fraction of sp³-hybridized carbons (Fsp3) is 0.556. The number of urea groups is 1. The zero-order chi connectivity index (χ0) is 12.6. The number of imide groups is 1. The molecule has 2 N–H and O–H groups in total. The number of nitrogens with zero attached hydrogens (tertiary/aromatic N) is 3. The van der Waals surface area contributed by atoms with Crippen LogP contribution in [0.3, 0.4) is 0 Å². The summed E-state index contributed by atoms with van der Waals surface area (Å²) in [4.78, 5) is 24.7. The van der Waals surface area contributed by atoms with Crippen molar-refractivity contribution in [2.45, 2.75) is 25.9 Å². The Bertz CT molecular complexity index is 470.